The van der Waals surface area contributed by atoms with Crippen LogP contribution in [0.5, 0.6) is 0 Å². The first-order valence-electron chi connectivity index (χ1n) is 7.35. The van der Waals surface area contributed by atoms with E-state index in [9.17, 15) is 9.59 Å². The number of carbonyl (C=O) groups is 2. The van der Waals surface area contributed by atoms with Crippen LogP contribution in [0.3, 0.4) is 0 Å². The van der Waals surface area contributed by atoms with Gasteiger partial charge in [-0.25, -0.2) is 4.79 Å². The Hall–Kier alpha value is -2.22. The van der Waals surface area contributed by atoms with Gasteiger partial charge >= 0.3 is 5.97 Å². The molecule has 0 aromatic carbocycles. The summed E-state index contributed by atoms with van der Waals surface area (Å²) in [7, 11) is 1.31. The molecule has 7 nitrogen and oxygen atoms in total. The van der Waals surface area contributed by atoms with Crippen molar-refractivity contribution < 1.29 is 18.8 Å². The van der Waals surface area contributed by atoms with Crippen LogP contribution in [0.2, 0.25) is 0 Å². The van der Waals surface area contributed by atoms with Crippen molar-refractivity contribution in [2.24, 2.45) is 0 Å². The molecular formula is C15H17N3O4S. The number of nitrogens with one attached hydrogen (secondary N) is 1. The van der Waals surface area contributed by atoms with E-state index in [0.29, 0.717) is 21.5 Å². The van der Waals surface area contributed by atoms with Gasteiger partial charge in [-0.15, -0.1) is 11.3 Å². The molecule has 3 rings (SSSR count). The quantitative estimate of drug-likeness (QED) is 0.862. The van der Waals surface area contributed by atoms with Gasteiger partial charge in [0.25, 0.3) is 5.91 Å². The van der Waals surface area contributed by atoms with Gasteiger partial charge < -0.3 is 14.6 Å². The van der Waals surface area contributed by atoms with Crippen LogP contribution < -0.4 is 5.32 Å². The number of nitrogens with zero attached hydrogens (tertiary/aromatic N) is 2. The maximum absolute atomic E-state index is 12.6. The van der Waals surface area contributed by atoms with Crippen LogP contribution in [-0.4, -0.2) is 29.1 Å². The van der Waals surface area contributed by atoms with Gasteiger partial charge in [0.1, 0.15) is 10.4 Å². The molecule has 0 saturated heterocycles. The normalized spacial score (nSPS) is 16.3. The van der Waals surface area contributed by atoms with Crippen molar-refractivity contribution in [3.63, 3.8) is 0 Å². The Morgan fingerprint density at radius 1 is 1.30 bits per heavy atom. The molecule has 0 bridgehead atoms. The first-order chi connectivity index (χ1) is 11.0. The first-order valence-corrected chi connectivity index (χ1v) is 8.17. The van der Waals surface area contributed by atoms with E-state index in [2.05, 4.69) is 20.2 Å². The number of amides is 1. The second-order valence-corrected chi connectivity index (χ2v) is 6.62. The van der Waals surface area contributed by atoms with Gasteiger partial charge in [-0.1, -0.05) is 18.0 Å². The number of esters is 1. The highest BCUT2D eigenvalue weighted by Crippen LogP contribution is 2.37. The SMILES string of the molecule is COC(=O)c1ccc(C(=O)NC2(c3noc(C)n3)CCCC2)s1. The second kappa shape index (κ2) is 6.11. The summed E-state index contributed by atoms with van der Waals surface area (Å²) < 4.78 is 9.73. The molecule has 0 atom stereocenters. The van der Waals surface area contributed by atoms with E-state index in [4.69, 9.17) is 4.52 Å². The van der Waals surface area contributed by atoms with Crippen molar-refractivity contribution >= 4 is 23.2 Å². The van der Waals surface area contributed by atoms with Crippen LogP contribution in [-0.2, 0) is 10.3 Å². The van der Waals surface area contributed by atoms with Crippen LogP contribution in [0, 0.1) is 6.92 Å². The molecule has 0 unspecified atom stereocenters. The van der Waals surface area contributed by atoms with Crippen molar-refractivity contribution in [1.29, 1.82) is 0 Å². The predicted molar refractivity (Wildman–Crippen MR) is 82.3 cm³/mol. The largest absolute Gasteiger partial charge is 0.465 e. The Morgan fingerprint density at radius 3 is 2.61 bits per heavy atom. The molecule has 2 heterocycles. The van der Waals surface area contributed by atoms with Gasteiger partial charge in [-0.2, -0.15) is 4.98 Å². The molecule has 8 heteroatoms. The van der Waals surface area contributed by atoms with E-state index in [1.165, 1.54) is 7.11 Å². The van der Waals surface area contributed by atoms with Crippen LogP contribution >= 0.6 is 11.3 Å². The van der Waals surface area contributed by atoms with Gasteiger partial charge in [0.05, 0.1) is 12.0 Å². The number of aryl methyl sites for hydroxylation is 1. The molecule has 1 N–H and O–H groups in total. The highest BCUT2D eigenvalue weighted by molar-refractivity contribution is 7.15. The van der Waals surface area contributed by atoms with Crippen LogP contribution in [0.4, 0.5) is 0 Å². The van der Waals surface area contributed by atoms with E-state index >= 15 is 0 Å². The van der Waals surface area contributed by atoms with E-state index in [0.717, 1.165) is 37.0 Å². The zero-order valence-corrected chi connectivity index (χ0v) is 13.7. The number of methoxy groups -OCH3 is 1. The summed E-state index contributed by atoms with van der Waals surface area (Å²) in [5.41, 5.74) is -0.593. The van der Waals surface area contributed by atoms with Gasteiger partial charge in [0.15, 0.2) is 5.82 Å². The summed E-state index contributed by atoms with van der Waals surface area (Å²) in [6.45, 7) is 1.73. The highest BCUT2D eigenvalue weighted by atomic mass is 32.1. The summed E-state index contributed by atoms with van der Waals surface area (Å²) >= 11 is 1.11. The van der Waals surface area contributed by atoms with Crippen molar-refractivity contribution in [3.05, 3.63) is 33.6 Å². The topological polar surface area (TPSA) is 94.3 Å². The third-order valence-corrected chi connectivity index (χ3v) is 5.05. The van der Waals surface area contributed by atoms with Crippen molar-refractivity contribution in [2.45, 2.75) is 38.1 Å². The number of carbonyl (C=O) groups excluding carboxylic acids is 2. The van der Waals surface area contributed by atoms with E-state index in [1.54, 1.807) is 19.1 Å². The highest BCUT2D eigenvalue weighted by Gasteiger charge is 2.41. The third-order valence-electron chi connectivity index (χ3n) is 3.98. The Bertz CT molecular complexity index is 731. The fourth-order valence-corrected chi connectivity index (χ4v) is 3.65. The van der Waals surface area contributed by atoms with Gasteiger partial charge in [0.2, 0.25) is 5.89 Å². The number of thiophene rings is 1. The zero-order valence-electron chi connectivity index (χ0n) is 12.9. The van der Waals surface area contributed by atoms with Crippen molar-refractivity contribution in [3.8, 4) is 0 Å². The van der Waals surface area contributed by atoms with Crippen molar-refractivity contribution in [2.75, 3.05) is 7.11 Å². The smallest absolute Gasteiger partial charge is 0.348 e. The maximum atomic E-state index is 12.6. The maximum Gasteiger partial charge on any atom is 0.348 e. The molecule has 2 aromatic heterocycles. The van der Waals surface area contributed by atoms with E-state index in [1.807, 2.05) is 0 Å². The molecular weight excluding hydrogens is 318 g/mol. The molecule has 0 aliphatic heterocycles. The minimum atomic E-state index is -0.593. The monoisotopic (exact) mass is 335 g/mol. The molecule has 2 aromatic rings. The van der Waals surface area contributed by atoms with Crippen LogP contribution in [0.1, 0.15) is 56.7 Å². The molecule has 1 amide bonds. The molecule has 1 saturated carbocycles. The van der Waals surface area contributed by atoms with E-state index < -0.39 is 11.5 Å². The third kappa shape index (κ3) is 2.98. The molecule has 1 aliphatic carbocycles. The number of rotatable bonds is 4. The lowest BCUT2D eigenvalue weighted by atomic mass is 9.96. The van der Waals surface area contributed by atoms with E-state index in [-0.39, 0.29) is 5.91 Å². The lowest BCUT2D eigenvalue weighted by molar-refractivity contribution is 0.0606. The van der Waals surface area contributed by atoms with Crippen LogP contribution in [0.25, 0.3) is 0 Å². The number of hydrogen-bond acceptors (Lipinski definition) is 7. The molecule has 1 fully saturated rings. The molecule has 23 heavy (non-hydrogen) atoms. The molecule has 122 valence electrons. The standard InChI is InChI=1S/C15H17N3O4S/c1-9-16-14(18-22-9)15(7-3-4-8-15)17-12(19)10-5-6-11(23-10)13(20)21-2/h5-6H,3-4,7-8H2,1-2H3,(H,17,19). The Morgan fingerprint density at radius 2 is 2.00 bits per heavy atom. The molecule has 0 spiro atoms. The fourth-order valence-electron chi connectivity index (χ4n) is 2.83. The number of hydrogen-bond donors (Lipinski definition) is 1. The van der Waals surface area contributed by atoms with Crippen molar-refractivity contribution in [1.82, 2.24) is 15.5 Å². The summed E-state index contributed by atoms with van der Waals surface area (Å²) in [4.78, 5) is 29.2. The summed E-state index contributed by atoms with van der Waals surface area (Å²) in [6, 6.07) is 3.21. The minimum absolute atomic E-state index is 0.241. The average Bonchev–Trinajstić information content (AvgIpc) is 3.26. The molecule has 0 radical (unpaired) electrons. The second-order valence-electron chi connectivity index (χ2n) is 5.54. The summed E-state index contributed by atoms with van der Waals surface area (Å²) in [5, 5.41) is 7.03. The van der Waals surface area contributed by atoms with Crippen LogP contribution in [0.15, 0.2) is 16.7 Å². The molecule has 1 aliphatic rings. The Kier molecular flexibility index (Phi) is 4.16. The van der Waals surface area contributed by atoms with Gasteiger partial charge in [-0.05, 0) is 25.0 Å². The lowest BCUT2D eigenvalue weighted by Gasteiger charge is -2.26. The summed E-state index contributed by atoms with van der Waals surface area (Å²) in [6.07, 6.45) is 3.53. The predicted octanol–water partition coefficient (Wildman–Crippen LogP) is 2.43. The lowest BCUT2D eigenvalue weighted by Crippen LogP contribution is -2.44. The Balaban J connectivity index is 1.82. The first kappa shape index (κ1) is 15.7. The Labute approximate surface area is 137 Å². The van der Waals surface area contributed by atoms with Gasteiger partial charge in [-0.3, -0.25) is 4.79 Å². The number of aromatic nitrogens is 2. The number of ether oxygens (including phenoxy) is 1. The summed E-state index contributed by atoms with van der Waals surface area (Å²) in [5.74, 6) is 0.308. The van der Waals surface area contributed by atoms with Gasteiger partial charge in [0, 0.05) is 6.92 Å². The zero-order chi connectivity index (χ0) is 16.4. The minimum Gasteiger partial charge on any atom is -0.465 e. The average molecular weight is 335 g/mol. The fraction of sp³-hybridized carbons (Fsp3) is 0.467.